The van der Waals surface area contributed by atoms with Crippen LogP contribution >= 0.6 is 0 Å². The van der Waals surface area contributed by atoms with Crippen LogP contribution in [0.3, 0.4) is 0 Å². The zero-order chi connectivity index (χ0) is 33.6. The van der Waals surface area contributed by atoms with Crippen molar-refractivity contribution in [1.82, 2.24) is 30.0 Å². The van der Waals surface area contributed by atoms with Crippen LogP contribution in [0.15, 0.2) is 48.8 Å². The first kappa shape index (κ1) is 31.1. The molecule has 5 heterocycles. The SMILES string of the molecule is Cc1nn(C2CC(CCCNc3ccc4c(c3)C(=O)N(C3CCC(=O)NC3=O)C4=O)C2)cc1-c1cnc2ccc(N3CCOCC3)cc2n1. The summed E-state index contributed by atoms with van der Waals surface area (Å²) in [4.78, 5) is 62.9. The average Bonchev–Trinajstić information content (AvgIpc) is 3.59. The van der Waals surface area contributed by atoms with Gasteiger partial charge < -0.3 is 15.0 Å². The van der Waals surface area contributed by atoms with E-state index in [1.807, 2.05) is 19.2 Å². The fourth-order valence-electron chi connectivity index (χ4n) is 7.42. The number of aryl methyl sites for hydroxylation is 1. The topological polar surface area (TPSA) is 152 Å². The van der Waals surface area contributed by atoms with Crippen molar-refractivity contribution in [1.29, 1.82) is 0 Å². The number of carbonyl (C=O) groups excluding carboxylic acids is 4. The van der Waals surface area contributed by atoms with Gasteiger partial charge in [0.2, 0.25) is 11.8 Å². The van der Waals surface area contributed by atoms with Gasteiger partial charge in [0.1, 0.15) is 6.04 Å². The molecule has 1 aliphatic carbocycles. The summed E-state index contributed by atoms with van der Waals surface area (Å²) < 4.78 is 7.60. The van der Waals surface area contributed by atoms with Crippen molar-refractivity contribution in [2.24, 2.45) is 5.92 Å². The second kappa shape index (κ2) is 12.7. The van der Waals surface area contributed by atoms with E-state index in [0.717, 1.165) is 103 Å². The van der Waals surface area contributed by atoms with Crippen LogP contribution in [0.4, 0.5) is 11.4 Å². The van der Waals surface area contributed by atoms with E-state index in [2.05, 4.69) is 38.5 Å². The molecule has 2 aromatic heterocycles. The van der Waals surface area contributed by atoms with E-state index in [-0.39, 0.29) is 24.0 Å². The highest BCUT2D eigenvalue weighted by atomic mass is 16.5. The summed E-state index contributed by atoms with van der Waals surface area (Å²) in [6, 6.07) is 10.8. The standard InChI is InChI=1S/C36H38N8O5/c1-21-28(31-19-38-29-7-5-24(18-30(29)39-31)42-11-13-49-14-12-42)20-43(41-21)25-15-22(16-25)3-2-10-37-23-4-6-26-27(17-23)36(48)44(35(26)47)32-8-9-33(45)40-34(32)46/h4-7,17-20,22,25,32,37H,2-3,8-16H2,1H3,(H,40,45,46). The molecule has 1 saturated carbocycles. The van der Waals surface area contributed by atoms with Gasteiger partial charge in [-0.05, 0) is 81.3 Å². The number of morpholine rings is 1. The number of carbonyl (C=O) groups is 4. The molecule has 0 radical (unpaired) electrons. The minimum Gasteiger partial charge on any atom is -0.385 e. The number of benzene rings is 2. The molecule has 2 saturated heterocycles. The van der Waals surface area contributed by atoms with Gasteiger partial charge >= 0.3 is 0 Å². The minimum atomic E-state index is -0.966. The molecule has 4 amide bonds. The Morgan fingerprint density at radius 2 is 1.78 bits per heavy atom. The summed E-state index contributed by atoms with van der Waals surface area (Å²) in [6.45, 7) is 5.98. The normalized spacial score (nSPS) is 22.3. The number of imide groups is 2. The van der Waals surface area contributed by atoms with E-state index in [1.54, 1.807) is 18.2 Å². The maximum Gasteiger partial charge on any atom is 0.262 e. The molecular weight excluding hydrogens is 624 g/mol. The minimum absolute atomic E-state index is 0.0957. The molecule has 3 fully saturated rings. The number of fused-ring (bicyclic) bond motifs is 2. The van der Waals surface area contributed by atoms with Crippen LogP contribution in [0.25, 0.3) is 22.3 Å². The van der Waals surface area contributed by atoms with Crippen molar-refractivity contribution in [3.63, 3.8) is 0 Å². The third-order valence-corrected chi connectivity index (χ3v) is 10.2. The van der Waals surface area contributed by atoms with Crippen molar-refractivity contribution < 1.29 is 23.9 Å². The summed E-state index contributed by atoms with van der Waals surface area (Å²) in [5.74, 6) is -1.38. The van der Waals surface area contributed by atoms with Gasteiger partial charge in [-0.25, -0.2) is 4.98 Å². The van der Waals surface area contributed by atoms with Crippen LogP contribution in [0.5, 0.6) is 0 Å². The highest BCUT2D eigenvalue weighted by molar-refractivity contribution is 6.23. The van der Waals surface area contributed by atoms with Crippen LogP contribution < -0.4 is 15.5 Å². The molecule has 2 N–H and O–H groups in total. The van der Waals surface area contributed by atoms with Gasteiger partial charge in [-0.3, -0.25) is 39.1 Å². The lowest BCUT2D eigenvalue weighted by molar-refractivity contribution is -0.136. The smallest absolute Gasteiger partial charge is 0.262 e. The Labute approximate surface area is 283 Å². The van der Waals surface area contributed by atoms with Gasteiger partial charge in [0, 0.05) is 49.2 Å². The number of hydrogen-bond donors (Lipinski definition) is 2. The number of nitrogens with one attached hydrogen (secondary N) is 2. The third kappa shape index (κ3) is 5.92. The molecule has 252 valence electrons. The fraction of sp³-hybridized carbons (Fsp3) is 0.417. The van der Waals surface area contributed by atoms with Gasteiger partial charge in [-0.1, -0.05) is 0 Å². The summed E-state index contributed by atoms with van der Waals surface area (Å²) in [6.07, 6.45) is 8.36. The number of amides is 4. The van der Waals surface area contributed by atoms with E-state index in [4.69, 9.17) is 19.8 Å². The Kier molecular flexibility index (Phi) is 8.06. The van der Waals surface area contributed by atoms with Crippen LogP contribution in [-0.2, 0) is 14.3 Å². The maximum atomic E-state index is 13.1. The number of aromatic nitrogens is 4. The molecule has 4 aromatic rings. The van der Waals surface area contributed by atoms with Crippen molar-refractivity contribution in [3.05, 3.63) is 65.6 Å². The lowest BCUT2D eigenvalue weighted by Crippen LogP contribution is -2.54. The fourth-order valence-corrected chi connectivity index (χ4v) is 7.42. The molecule has 49 heavy (non-hydrogen) atoms. The molecule has 0 spiro atoms. The first-order chi connectivity index (χ1) is 23.8. The maximum absolute atomic E-state index is 13.1. The van der Waals surface area contributed by atoms with Crippen molar-refractivity contribution in [2.45, 2.75) is 57.5 Å². The first-order valence-electron chi connectivity index (χ1n) is 17.1. The highest BCUT2D eigenvalue weighted by Crippen LogP contribution is 2.41. The van der Waals surface area contributed by atoms with Gasteiger partial charge in [0.05, 0.1) is 59.0 Å². The summed E-state index contributed by atoms with van der Waals surface area (Å²) in [5.41, 5.74) is 6.99. The van der Waals surface area contributed by atoms with Gasteiger partial charge in [-0.15, -0.1) is 0 Å². The molecule has 13 heteroatoms. The average molecular weight is 663 g/mol. The van der Waals surface area contributed by atoms with Crippen molar-refractivity contribution in [2.75, 3.05) is 43.1 Å². The van der Waals surface area contributed by atoms with Crippen molar-refractivity contribution >= 4 is 46.0 Å². The summed E-state index contributed by atoms with van der Waals surface area (Å²) >= 11 is 0. The predicted octanol–water partition coefficient (Wildman–Crippen LogP) is 3.88. The van der Waals surface area contributed by atoms with Crippen LogP contribution in [-0.4, -0.2) is 87.2 Å². The van der Waals surface area contributed by atoms with E-state index in [9.17, 15) is 19.2 Å². The zero-order valence-corrected chi connectivity index (χ0v) is 27.4. The number of anilines is 2. The van der Waals surface area contributed by atoms with E-state index < -0.39 is 29.7 Å². The highest BCUT2D eigenvalue weighted by Gasteiger charge is 2.44. The molecule has 3 aliphatic heterocycles. The lowest BCUT2D eigenvalue weighted by atomic mass is 9.77. The zero-order valence-electron chi connectivity index (χ0n) is 27.4. The lowest BCUT2D eigenvalue weighted by Gasteiger charge is -2.35. The molecule has 4 aliphatic rings. The molecule has 8 rings (SSSR count). The second-order valence-corrected chi connectivity index (χ2v) is 13.4. The number of nitrogens with zero attached hydrogens (tertiary/aromatic N) is 6. The monoisotopic (exact) mass is 662 g/mol. The third-order valence-electron chi connectivity index (χ3n) is 10.2. The first-order valence-corrected chi connectivity index (χ1v) is 17.1. The predicted molar refractivity (Wildman–Crippen MR) is 181 cm³/mol. The summed E-state index contributed by atoms with van der Waals surface area (Å²) in [5, 5.41) is 10.5. The Balaban J connectivity index is 0.834. The van der Waals surface area contributed by atoms with Crippen LogP contribution in [0, 0.1) is 12.8 Å². The molecule has 1 unspecified atom stereocenters. The number of piperidine rings is 1. The quantitative estimate of drug-likeness (QED) is 0.200. The van der Waals surface area contributed by atoms with Gasteiger partial charge in [0.15, 0.2) is 0 Å². The number of rotatable bonds is 9. The van der Waals surface area contributed by atoms with Crippen LogP contribution in [0.1, 0.15) is 71.0 Å². The largest absolute Gasteiger partial charge is 0.385 e. The van der Waals surface area contributed by atoms with Crippen molar-refractivity contribution in [3.8, 4) is 11.3 Å². The van der Waals surface area contributed by atoms with Gasteiger partial charge in [0.25, 0.3) is 11.8 Å². The Hall–Kier alpha value is -5.17. The number of ether oxygens (including phenoxy) is 1. The molecule has 0 bridgehead atoms. The molecule has 2 aromatic carbocycles. The Morgan fingerprint density at radius 3 is 2.59 bits per heavy atom. The Morgan fingerprint density at radius 1 is 0.959 bits per heavy atom. The van der Waals surface area contributed by atoms with Gasteiger partial charge in [-0.2, -0.15) is 5.10 Å². The Bertz CT molecular complexity index is 1980. The molecule has 13 nitrogen and oxygen atoms in total. The number of hydrogen-bond acceptors (Lipinski definition) is 10. The summed E-state index contributed by atoms with van der Waals surface area (Å²) in [7, 11) is 0. The van der Waals surface area contributed by atoms with E-state index in [1.165, 1.54) is 0 Å². The molecule has 1 atom stereocenters. The molecular formula is C36H38N8O5. The van der Waals surface area contributed by atoms with E-state index in [0.29, 0.717) is 12.0 Å². The van der Waals surface area contributed by atoms with E-state index >= 15 is 0 Å². The van der Waals surface area contributed by atoms with Crippen LogP contribution in [0.2, 0.25) is 0 Å². The second-order valence-electron chi connectivity index (χ2n) is 13.4.